The third-order valence-corrected chi connectivity index (χ3v) is 5.86. The Morgan fingerprint density at radius 1 is 1.06 bits per heavy atom. The molecule has 2 aliphatic heterocycles. The Morgan fingerprint density at radius 3 is 2.61 bits per heavy atom. The highest BCUT2D eigenvalue weighted by molar-refractivity contribution is 6.15. The number of hydrogen-bond donors (Lipinski definition) is 0. The first-order valence-electron chi connectivity index (χ1n) is 10.6. The number of hydrogen-bond acceptors (Lipinski definition) is 7. The van der Waals surface area contributed by atoms with Crippen LogP contribution in [-0.4, -0.2) is 36.6 Å². The van der Waals surface area contributed by atoms with Crippen LogP contribution in [0.1, 0.15) is 32.6 Å². The highest BCUT2D eigenvalue weighted by Gasteiger charge is 2.33. The molecular weight excluding hydrogens is 420 g/mol. The van der Waals surface area contributed by atoms with E-state index in [0.29, 0.717) is 48.4 Å². The molecule has 0 unspecified atom stereocenters. The van der Waals surface area contributed by atoms with Gasteiger partial charge in [-0.25, -0.2) is 0 Å². The molecule has 0 atom stereocenters. The number of carbonyl (C=O) groups is 1. The molecule has 0 aliphatic carbocycles. The number of aromatic nitrogens is 1. The molecule has 33 heavy (non-hydrogen) atoms. The molecule has 0 saturated heterocycles. The molecule has 7 heteroatoms. The number of carbonyl (C=O) groups excluding carboxylic acids is 1. The summed E-state index contributed by atoms with van der Waals surface area (Å²) in [4.78, 5) is 19.2. The lowest BCUT2D eigenvalue weighted by Gasteiger charge is -2.30. The third-order valence-electron chi connectivity index (χ3n) is 5.86. The van der Waals surface area contributed by atoms with E-state index in [1.54, 1.807) is 32.7 Å². The predicted octanol–water partition coefficient (Wildman–Crippen LogP) is 4.38. The third kappa shape index (κ3) is 3.91. The van der Waals surface area contributed by atoms with E-state index in [4.69, 9.17) is 18.9 Å². The van der Waals surface area contributed by atoms with E-state index < -0.39 is 0 Å². The zero-order valence-electron chi connectivity index (χ0n) is 18.8. The van der Waals surface area contributed by atoms with Gasteiger partial charge in [-0.2, -0.15) is 0 Å². The number of pyridine rings is 1. The van der Waals surface area contributed by atoms with Crippen LogP contribution < -0.4 is 18.9 Å². The van der Waals surface area contributed by atoms with E-state index in [-0.39, 0.29) is 5.78 Å². The SMILES string of the molecule is COc1ccc(CN2COc3c(cc4c(c3C)O/C(=C\c3ccncc3)C4=O)C2)cc1OC. The van der Waals surface area contributed by atoms with Gasteiger partial charge in [-0.1, -0.05) is 6.07 Å². The number of rotatable bonds is 5. The van der Waals surface area contributed by atoms with E-state index in [0.717, 1.165) is 28.0 Å². The Labute approximate surface area is 192 Å². The van der Waals surface area contributed by atoms with Gasteiger partial charge < -0.3 is 18.9 Å². The van der Waals surface area contributed by atoms with Crippen molar-refractivity contribution in [3.8, 4) is 23.0 Å². The monoisotopic (exact) mass is 444 g/mol. The molecule has 7 nitrogen and oxygen atoms in total. The second kappa shape index (κ2) is 8.60. The number of ketones is 1. The van der Waals surface area contributed by atoms with Crippen LogP contribution in [0.15, 0.2) is 54.6 Å². The normalized spacial score (nSPS) is 16.1. The van der Waals surface area contributed by atoms with Crippen molar-refractivity contribution < 1.29 is 23.7 Å². The summed E-state index contributed by atoms with van der Waals surface area (Å²) in [7, 11) is 3.25. The topological polar surface area (TPSA) is 70.1 Å². The molecule has 0 amide bonds. The number of Topliss-reactive ketones (excluding diaryl/α,β-unsaturated/α-hetero) is 1. The van der Waals surface area contributed by atoms with Gasteiger partial charge in [0.25, 0.3) is 0 Å². The second-order valence-electron chi connectivity index (χ2n) is 8.04. The van der Waals surface area contributed by atoms with E-state index >= 15 is 0 Å². The molecule has 5 rings (SSSR count). The maximum atomic E-state index is 13.1. The Morgan fingerprint density at radius 2 is 1.85 bits per heavy atom. The van der Waals surface area contributed by atoms with E-state index in [2.05, 4.69) is 9.88 Å². The maximum Gasteiger partial charge on any atom is 0.231 e. The van der Waals surface area contributed by atoms with E-state index in [1.165, 1.54) is 0 Å². The van der Waals surface area contributed by atoms with Crippen LogP contribution in [0, 0.1) is 6.92 Å². The Hall–Kier alpha value is -3.84. The van der Waals surface area contributed by atoms with E-state index in [9.17, 15) is 4.79 Å². The van der Waals surface area contributed by atoms with Gasteiger partial charge >= 0.3 is 0 Å². The summed E-state index contributed by atoms with van der Waals surface area (Å²) < 4.78 is 22.8. The van der Waals surface area contributed by atoms with Crippen molar-refractivity contribution in [2.45, 2.75) is 20.0 Å². The minimum Gasteiger partial charge on any atom is -0.493 e. The van der Waals surface area contributed by atoms with E-state index in [1.807, 2.05) is 43.3 Å². The van der Waals surface area contributed by atoms with Crippen molar-refractivity contribution in [3.63, 3.8) is 0 Å². The zero-order valence-corrected chi connectivity index (χ0v) is 18.8. The van der Waals surface area contributed by atoms with Crippen molar-refractivity contribution in [2.75, 3.05) is 21.0 Å². The molecule has 1 aromatic heterocycles. The van der Waals surface area contributed by atoms with Crippen LogP contribution in [0.25, 0.3) is 6.08 Å². The quantitative estimate of drug-likeness (QED) is 0.541. The number of allylic oxidation sites excluding steroid dienone is 1. The Kier molecular flexibility index (Phi) is 5.48. The number of methoxy groups -OCH3 is 2. The fraction of sp³-hybridized carbons (Fsp3) is 0.231. The van der Waals surface area contributed by atoms with Gasteiger partial charge in [0, 0.05) is 36.6 Å². The van der Waals surface area contributed by atoms with Crippen molar-refractivity contribution in [1.29, 1.82) is 0 Å². The number of ether oxygens (including phenoxy) is 4. The van der Waals surface area contributed by atoms with Gasteiger partial charge in [0.2, 0.25) is 5.78 Å². The fourth-order valence-corrected chi connectivity index (χ4v) is 4.25. The van der Waals surface area contributed by atoms with Crippen LogP contribution in [0.4, 0.5) is 0 Å². The molecule has 0 bridgehead atoms. The van der Waals surface area contributed by atoms with Gasteiger partial charge in [0.1, 0.15) is 18.2 Å². The summed E-state index contributed by atoms with van der Waals surface area (Å²) in [6.07, 6.45) is 5.11. The molecule has 3 heterocycles. The summed E-state index contributed by atoms with van der Waals surface area (Å²) >= 11 is 0. The summed E-state index contributed by atoms with van der Waals surface area (Å²) in [5, 5.41) is 0. The number of benzene rings is 2. The summed E-state index contributed by atoms with van der Waals surface area (Å²) in [6, 6.07) is 11.4. The van der Waals surface area contributed by atoms with Crippen LogP contribution in [0.5, 0.6) is 23.0 Å². The molecule has 0 N–H and O–H groups in total. The minimum atomic E-state index is -0.121. The molecule has 0 fully saturated rings. The summed E-state index contributed by atoms with van der Waals surface area (Å²) in [6.45, 7) is 3.71. The summed E-state index contributed by atoms with van der Waals surface area (Å²) in [5.41, 5.74) is 4.34. The van der Waals surface area contributed by atoms with Crippen molar-refractivity contribution >= 4 is 11.9 Å². The Balaban J connectivity index is 1.39. The van der Waals surface area contributed by atoms with Gasteiger partial charge in [0.05, 0.1) is 19.8 Å². The fourth-order valence-electron chi connectivity index (χ4n) is 4.25. The standard InChI is InChI=1S/C26H24N2O5/c1-16-25-19(12-20-24(29)23(33-26(16)20)10-17-6-8-27-9-7-17)14-28(15-32-25)13-18-4-5-21(30-2)22(11-18)31-3/h4-12H,13-15H2,1-3H3/b23-10-. The Bertz CT molecular complexity index is 1250. The number of fused-ring (bicyclic) bond motifs is 2. The lowest BCUT2D eigenvalue weighted by atomic mass is 10.00. The average Bonchev–Trinajstić information content (AvgIpc) is 3.15. The number of nitrogens with zero attached hydrogens (tertiary/aromatic N) is 2. The maximum absolute atomic E-state index is 13.1. The molecule has 3 aromatic rings. The highest BCUT2D eigenvalue weighted by atomic mass is 16.5. The van der Waals surface area contributed by atoms with Crippen LogP contribution in [0.2, 0.25) is 0 Å². The average molecular weight is 444 g/mol. The van der Waals surface area contributed by atoms with Crippen molar-refractivity contribution in [1.82, 2.24) is 9.88 Å². The smallest absolute Gasteiger partial charge is 0.231 e. The van der Waals surface area contributed by atoms with Crippen LogP contribution >= 0.6 is 0 Å². The van der Waals surface area contributed by atoms with Crippen molar-refractivity contribution in [2.24, 2.45) is 0 Å². The molecule has 0 spiro atoms. The molecule has 0 saturated carbocycles. The molecule has 2 aliphatic rings. The molecule has 2 aromatic carbocycles. The van der Waals surface area contributed by atoms with Gasteiger partial charge in [-0.15, -0.1) is 0 Å². The van der Waals surface area contributed by atoms with Gasteiger partial charge in [0.15, 0.2) is 17.3 Å². The lowest BCUT2D eigenvalue weighted by Crippen LogP contribution is -2.32. The summed E-state index contributed by atoms with van der Waals surface area (Å²) in [5.74, 6) is 2.94. The zero-order chi connectivity index (χ0) is 22.9. The van der Waals surface area contributed by atoms with Gasteiger partial charge in [-0.3, -0.25) is 14.7 Å². The predicted molar refractivity (Wildman–Crippen MR) is 123 cm³/mol. The van der Waals surface area contributed by atoms with Crippen LogP contribution in [-0.2, 0) is 13.1 Å². The lowest BCUT2D eigenvalue weighted by molar-refractivity contribution is 0.0876. The van der Waals surface area contributed by atoms with Crippen molar-refractivity contribution in [3.05, 3.63) is 82.4 Å². The first-order valence-corrected chi connectivity index (χ1v) is 10.6. The minimum absolute atomic E-state index is 0.121. The first-order chi connectivity index (χ1) is 16.1. The van der Waals surface area contributed by atoms with Gasteiger partial charge in [-0.05, 0) is 54.5 Å². The van der Waals surface area contributed by atoms with Crippen LogP contribution in [0.3, 0.4) is 0 Å². The first kappa shape index (κ1) is 21.0. The molecular formula is C26H24N2O5. The largest absolute Gasteiger partial charge is 0.493 e. The molecule has 168 valence electrons. The molecule has 0 radical (unpaired) electrons. The second-order valence-corrected chi connectivity index (χ2v) is 8.04. The highest BCUT2D eigenvalue weighted by Crippen LogP contribution is 2.43.